The van der Waals surface area contributed by atoms with Gasteiger partial charge in [-0.25, -0.2) is 19.0 Å². The number of carbonyl (C=O) groups is 2. The maximum atomic E-state index is 12.3. The van der Waals surface area contributed by atoms with E-state index in [4.69, 9.17) is 5.73 Å². The van der Waals surface area contributed by atoms with E-state index in [0.717, 1.165) is 17.8 Å². The number of aliphatic hydroxyl groups excluding tert-OH is 1. The molecule has 0 spiro atoms. The maximum Gasteiger partial charge on any atom is 0.354 e. The molecule has 0 aliphatic rings. The lowest BCUT2D eigenvalue weighted by molar-refractivity contribution is -0.153. The third kappa shape index (κ3) is 2.03. The monoisotopic (exact) mass is 296 g/mol. The number of imidazole rings is 1. The van der Waals surface area contributed by atoms with Gasteiger partial charge in [0.1, 0.15) is 6.33 Å². The third-order valence-corrected chi connectivity index (χ3v) is 2.99. The molecule has 2 aromatic heterocycles. The van der Waals surface area contributed by atoms with Crippen LogP contribution in [-0.2, 0) is 15.1 Å². The molecule has 11 nitrogen and oxygen atoms in total. The molecule has 2 aromatic rings. The van der Waals surface area contributed by atoms with Gasteiger partial charge in [0.25, 0.3) is 5.91 Å². The molecule has 0 aliphatic heterocycles. The molecule has 3 N–H and O–H groups in total. The molecule has 0 fully saturated rings. The van der Waals surface area contributed by atoms with Crippen molar-refractivity contribution in [2.75, 3.05) is 13.7 Å². The van der Waals surface area contributed by atoms with Gasteiger partial charge in [0.15, 0.2) is 16.9 Å². The van der Waals surface area contributed by atoms with Gasteiger partial charge in [0.05, 0.1) is 13.7 Å². The standard InChI is InChI=1S/C10H12N6O5/c1-10(3-17,8(19)21-2)16-9(20)15-4-12-5(6(11)18)7(15)13-14-16/h4,17H,3H2,1-2H3,(H2,11,18). The Morgan fingerprint density at radius 1 is 1.52 bits per heavy atom. The van der Waals surface area contributed by atoms with Gasteiger partial charge in [0, 0.05) is 0 Å². The van der Waals surface area contributed by atoms with E-state index in [9.17, 15) is 19.5 Å². The molecule has 0 bridgehead atoms. The lowest BCUT2D eigenvalue weighted by atomic mass is 10.1. The van der Waals surface area contributed by atoms with E-state index in [2.05, 4.69) is 20.0 Å². The van der Waals surface area contributed by atoms with Crippen molar-refractivity contribution in [3.8, 4) is 0 Å². The van der Waals surface area contributed by atoms with Crippen LogP contribution in [0, 0.1) is 0 Å². The van der Waals surface area contributed by atoms with Crippen LogP contribution in [0.4, 0.5) is 0 Å². The SMILES string of the molecule is COC(=O)C(C)(CO)n1nnc2c(C(N)=O)ncn2c1=O. The summed E-state index contributed by atoms with van der Waals surface area (Å²) in [6.07, 6.45) is 1.03. The molecule has 1 atom stereocenters. The summed E-state index contributed by atoms with van der Waals surface area (Å²) in [5.74, 6) is -1.75. The van der Waals surface area contributed by atoms with Crippen LogP contribution < -0.4 is 11.4 Å². The first-order valence-electron chi connectivity index (χ1n) is 5.69. The molecular formula is C10H12N6O5. The number of nitrogens with zero attached hydrogens (tertiary/aromatic N) is 5. The van der Waals surface area contributed by atoms with Crippen LogP contribution in [0.15, 0.2) is 11.1 Å². The van der Waals surface area contributed by atoms with E-state index >= 15 is 0 Å². The summed E-state index contributed by atoms with van der Waals surface area (Å²) < 4.78 is 6.09. The van der Waals surface area contributed by atoms with Gasteiger partial charge < -0.3 is 15.6 Å². The van der Waals surface area contributed by atoms with Gasteiger partial charge in [-0.15, -0.1) is 5.10 Å². The van der Waals surface area contributed by atoms with Crippen molar-refractivity contribution in [3.63, 3.8) is 0 Å². The second-order valence-corrected chi connectivity index (χ2v) is 4.36. The number of aromatic nitrogens is 5. The fraction of sp³-hybridized carbons (Fsp3) is 0.400. The Bertz CT molecular complexity index is 780. The summed E-state index contributed by atoms with van der Waals surface area (Å²) in [5, 5.41) is 16.6. The summed E-state index contributed by atoms with van der Waals surface area (Å²) >= 11 is 0. The first-order chi connectivity index (χ1) is 9.86. The number of rotatable bonds is 4. The molecule has 0 saturated heterocycles. The van der Waals surface area contributed by atoms with Gasteiger partial charge in [-0.3, -0.25) is 4.79 Å². The molecule has 112 valence electrons. The largest absolute Gasteiger partial charge is 0.467 e. The number of hydrogen-bond acceptors (Lipinski definition) is 8. The lowest BCUT2D eigenvalue weighted by Gasteiger charge is -2.24. The van der Waals surface area contributed by atoms with Crippen LogP contribution >= 0.6 is 0 Å². The number of hydrogen-bond donors (Lipinski definition) is 2. The predicted octanol–water partition coefficient (Wildman–Crippen LogP) is -2.73. The van der Waals surface area contributed by atoms with E-state index in [1.165, 1.54) is 6.92 Å². The van der Waals surface area contributed by atoms with E-state index in [1.807, 2.05) is 0 Å². The van der Waals surface area contributed by atoms with Gasteiger partial charge >= 0.3 is 11.7 Å². The van der Waals surface area contributed by atoms with E-state index in [-0.39, 0.29) is 11.3 Å². The van der Waals surface area contributed by atoms with Gasteiger partial charge in [0.2, 0.25) is 0 Å². The zero-order valence-corrected chi connectivity index (χ0v) is 11.2. The van der Waals surface area contributed by atoms with Gasteiger partial charge in [-0.2, -0.15) is 4.68 Å². The highest BCUT2D eigenvalue weighted by Crippen LogP contribution is 2.13. The zero-order chi connectivity index (χ0) is 15.8. The second-order valence-electron chi connectivity index (χ2n) is 4.36. The zero-order valence-electron chi connectivity index (χ0n) is 11.2. The number of fused-ring (bicyclic) bond motifs is 1. The molecule has 2 rings (SSSR count). The van der Waals surface area contributed by atoms with Gasteiger partial charge in [-0.05, 0) is 6.92 Å². The highest BCUT2D eigenvalue weighted by molar-refractivity contribution is 5.96. The van der Waals surface area contributed by atoms with Crippen LogP contribution in [0.25, 0.3) is 5.65 Å². The molecule has 1 unspecified atom stereocenters. The number of primary amides is 1. The van der Waals surface area contributed by atoms with Crippen molar-refractivity contribution in [1.82, 2.24) is 24.4 Å². The molecule has 11 heteroatoms. The lowest BCUT2D eigenvalue weighted by Crippen LogP contribution is -2.51. The molecular weight excluding hydrogens is 284 g/mol. The second kappa shape index (κ2) is 4.94. The smallest absolute Gasteiger partial charge is 0.354 e. The highest BCUT2D eigenvalue weighted by atomic mass is 16.5. The summed E-state index contributed by atoms with van der Waals surface area (Å²) in [5.41, 5.74) is 2.13. The highest BCUT2D eigenvalue weighted by Gasteiger charge is 2.39. The first kappa shape index (κ1) is 14.6. The number of aliphatic hydroxyl groups is 1. The average Bonchev–Trinajstić information content (AvgIpc) is 2.91. The van der Waals surface area contributed by atoms with E-state index in [0.29, 0.717) is 4.68 Å². The Labute approximate surface area is 116 Å². The Hall–Kier alpha value is -2.82. The molecule has 21 heavy (non-hydrogen) atoms. The topological polar surface area (TPSA) is 155 Å². The molecule has 1 amide bonds. The first-order valence-corrected chi connectivity index (χ1v) is 5.69. The molecule has 0 aliphatic carbocycles. The predicted molar refractivity (Wildman–Crippen MR) is 66.3 cm³/mol. The number of methoxy groups -OCH3 is 1. The van der Waals surface area contributed by atoms with Crippen molar-refractivity contribution in [2.45, 2.75) is 12.5 Å². The van der Waals surface area contributed by atoms with Gasteiger partial charge in [-0.1, -0.05) is 5.21 Å². The number of amides is 1. The molecule has 2 heterocycles. The Balaban J connectivity index is 2.73. The summed E-state index contributed by atoms with van der Waals surface area (Å²) in [6.45, 7) is 0.518. The van der Waals surface area contributed by atoms with E-state index < -0.39 is 29.7 Å². The Morgan fingerprint density at radius 2 is 2.19 bits per heavy atom. The van der Waals surface area contributed by atoms with Crippen LogP contribution in [0.3, 0.4) is 0 Å². The maximum absolute atomic E-state index is 12.3. The summed E-state index contributed by atoms with van der Waals surface area (Å²) in [4.78, 5) is 38.9. The third-order valence-electron chi connectivity index (χ3n) is 2.99. The van der Waals surface area contributed by atoms with Crippen molar-refractivity contribution >= 4 is 17.5 Å². The Morgan fingerprint density at radius 3 is 2.71 bits per heavy atom. The Kier molecular flexibility index (Phi) is 3.43. The van der Waals surface area contributed by atoms with Crippen molar-refractivity contribution in [1.29, 1.82) is 0 Å². The van der Waals surface area contributed by atoms with Crippen LogP contribution in [0.1, 0.15) is 17.4 Å². The summed E-state index contributed by atoms with van der Waals surface area (Å²) in [6, 6.07) is 0. The van der Waals surface area contributed by atoms with Crippen molar-refractivity contribution < 1.29 is 19.4 Å². The number of ether oxygens (including phenoxy) is 1. The van der Waals surface area contributed by atoms with Crippen LogP contribution in [0.2, 0.25) is 0 Å². The fourth-order valence-electron chi connectivity index (χ4n) is 1.73. The minimum atomic E-state index is -1.76. The molecule has 0 radical (unpaired) electrons. The van der Waals surface area contributed by atoms with E-state index in [1.54, 1.807) is 0 Å². The number of esters is 1. The normalized spacial score (nSPS) is 13.9. The molecule has 0 aromatic carbocycles. The minimum absolute atomic E-state index is 0.145. The number of carbonyl (C=O) groups excluding carboxylic acids is 2. The quantitative estimate of drug-likeness (QED) is 0.576. The fourth-order valence-corrected chi connectivity index (χ4v) is 1.73. The molecule has 0 saturated carbocycles. The minimum Gasteiger partial charge on any atom is -0.467 e. The summed E-state index contributed by atoms with van der Waals surface area (Å²) in [7, 11) is 1.11. The van der Waals surface area contributed by atoms with Crippen LogP contribution in [0.5, 0.6) is 0 Å². The average molecular weight is 296 g/mol. The number of nitrogens with two attached hydrogens (primary N) is 1. The van der Waals surface area contributed by atoms with Crippen molar-refractivity contribution in [2.24, 2.45) is 5.73 Å². The van der Waals surface area contributed by atoms with Crippen LogP contribution in [-0.4, -0.2) is 55.1 Å². The van der Waals surface area contributed by atoms with Crippen molar-refractivity contribution in [3.05, 3.63) is 22.5 Å².